The zero-order valence-corrected chi connectivity index (χ0v) is 13.3. The van der Waals surface area contributed by atoms with Crippen molar-refractivity contribution < 1.29 is 13.6 Å². The van der Waals surface area contributed by atoms with Gasteiger partial charge in [-0.3, -0.25) is 4.79 Å². The summed E-state index contributed by atoms with van der Waals surface area (Å²) in [6, 6.07) is 12.3. The number of carbonyl (C=O) groups is 1. The number of benzene rings is 2. The van der Waals surface area contributed by atoms with Crippen LogP contribution >= 0.6 is 11.8 Å². The summed E-state index contributed by atoms with van der Waals surface area (Å²) in [7, 11) is 0. The minimum Gasteiger partial charge on any atom is -0.431 e. The lowest BCUT2D eigenvalue weighted by molar-refractivity contribution is -0.118. The smallest absolute Gasteiger partial charge is 0.257 e. The minimum atomic E-state index is -0.244. The van der Waals surface area contributed by atoms with Gasteiger partial charge in [0.05, 0.1) is 5.75 Å². The van der Waals surface area contributed by atoms with Crippen LogP contribution in [-0.4, -0.2) is 16.6 Å². The molecule has 0 unspecified atom stereocenters. The molecule has 4 nitrogen and oxygen atoms in total. The predicted molar refractivity (Wildman–Crippen MR) is 87.7 cm³/mol. The highest BCUT2D eigenvalue weighted by molar-refractivity contribution is 7.99. The van der Waals surface area contributed by atoms with Gasteiger partial charge in [-0.25, -0.2) is 9.37 Å². The molecule has 1 heterocycles. The molecule has 0 saturated heterocycles. The van der Waals surface area contributed by atoms with Crippen LogP contribution in [0.5, 0.6) is 0 Å². The molecule has 0 atom stereocenters. The van der Waals surface area contributed by atoms with Crippen molar-refractivity contribution in [3.8, 4) is 0 Å². The Morgan fingerprint density at radius 3 is 2.91 bits per heavy atom. The second-order valence-electron chi connectivity index (χ2n) is 5.10. The first-order valence-corrected chi connectivity index (χ1v) is 8.10. The van der Waals surface area contributed by atoms with Crippen LogP contribution in [0, 0.1) is 12.7 Å². The summed E-state index contributed by atoms with van der Waals surface area (Å²) >= 11 is 1.25. The van der Waals surface area contributed by atoms with Gasteiger partial charge in [-0.05, 0) is 36.2 Å². The summed E-state index contributed by atoms with van der Waals surface area (Å²) in [5.74, 6) is -0.154. The zero-order chi connectivity index (χ0) is 16.2. The van der Waals surface area contributed by atoms with Gasteiger partial charge in [-0.2, -0.15) is 0 Å². The molecule has 23 heavy (non-hydrogen) atoms. The van der Waals surface area contributed by atoms with Crippen LogP contribution in [0.2, 0.25) is 0 Å². The van der Waals surface area contributed by atoms with Crippen molar-refractivity contribution in [3.63, 3.8) is 0 Å². The molecule has 0 aliphatic heterocycles. The van der Waals surface area contributed by atoms with Crippen LogP contribution in [0.4, 0.5) is 4.39 Å². The van der Waals surface area contributed by atoms with E-state index in [1.165, 1.54) is 17.8 Å². The fourth-order valence-corrected chi connectivity index (χ4v) is 2.78. The number of amides is 1. The SMILES string of the molecule is Cc1cc(CNC(=O)CSc2nc3ccccc3o2)ccc1F. The van der Waals surface area contributed by atoms with E-state index < -0.39 is 0 Å². The van der Waals surface area contributed by atoms with E-state index in [2.05, 4.69) is 10.3 Å². The van der Waals surface area contributed by atoms with Crippen molar-refractivity contribution in [2.24, 2.45) is 0 Å². The van der Waals surface area contributed by atoms with E-state index in [0.29, 0.717) is 22.9 Å². The lowest BCUT2D eigenvalue weighted by Crippen LogP contribution is -2.24. The van der Waals surface area contributed by atoms with Gasteiger partial charge >= 0.3 is 0 Å². The molecule has 0 fully saturated rings. The topological polar surface area (TPSA) is 55.1 Å². The number of nitrogens with one attached hydrogen (secondary N) is 1. The van der Waals surface area contributed by atoms with Crippen LogP contribution in [0.3, 0.4) is 0 Å². The highest BCUT2D eigenvalue weighted by atomic mass is 32.2. The molecule has 3 aromatic rings. The lowest BCUT2D eigenvalue weighted by atomic mass is 10.1. The first-order chi connectivity index (χ1) is 11.1. The van der Waals surface area contributed by atoms with Crippen LogP contribution in [0.15, 0.2) is 52.1 Å². The number of hydrogen-bond acceptors (Lipinski definition) is 4. The summed E-state index contributed by atoms with van der Waals surface area (Å²) in [6.45, 7) is 2.07. The van der Waals surface area contributed by atoms with Gasteiger partial charge in [0.1, 0.15) is 11.3 Å². The Morgan fingerprint density at radius 1 is 1.30 bits per heavy atom. The van der Waals surface area contributed by atoms with Crippen LogP contribution < -0.4 is 5.32 Å². The van der Waals surface area contributed by atoms with E-state index in [4.69, 9.17) is 4.42 Å². The Morgan fingerprint density at radius 2 is 2.13 bits per heavy atom. The molecule has 2 aromatic carbocycles. The molecule has 0 radical (unpaired) electrons. The number of hydrogen-bond donors (Lipinski definition) is 1. The van der Waals surface area contributed by atoms with Crippen molar-refractivity contribution in [1.82, 2.24) is 10.3 Å². The molecular formula is C17H15FN2O2S. The molecule has 0 bridgehead atoms. The largest absolute Gasteiger partial charge is 0.431 e. The summed E-state index contributed by atoms with van der Waals surface area (Å²) in [6.07, 6.45) is 0. The van der Waals surface area contributed by atoms with E-state index >= 15 is 0 Å². The summed E-state index contributed by atoms with van der Waals surface area (Å²) in [4.78, 5) is 16.2. The van der Waals surface area contributed by atoms with Crippen molar-refractivity contribution >= 4 is 28.8 Å². The van der Waals surface area contributed by atoms with Crippen molar-refractivity contribution in [1.29, 1.82) is 0 Å². The monoisotopic (exact) mass is 330 g/mol. The molecule has 0 spiro atoms. The fraction of sp³-hybridized carbons (Fsp3) is 0.176. The predicted octanol–water partition coefficient (Wildman–Crippen LogP) is 3.68. The van der Waals surface area contributed by atoms with Crippen LogP contribution in [0.1, 0.15) is 11.1 Å². The number of aromatic nitrogens is 1. The molecular weight excluding hydrogens is 315 g/mol. The number of para-hydroxylation sites is 2. The van der Waals surface area contributed by atoms with Crippen molar-refractivity contribution in [2.45, 2.75) is 18.7 Å². The van der Waals surface area contributed by atoms with Gasteiger partial charge in [0, 0.05) is 6.54 Å². The summed E-state index contributed by atoms with van der Waals surface area (Å²) in [5, 5.41) is 3.27. The maximum atomic E-state index is 13.2. The normalized spacial score (nSPS) is 10.9. The van der Waals surface area contributed by atoms with Gasteiger partial charge in [0.25, 0.3) is 5.22 Å². The molecule has 1 N–H and O–H groups in total. The number of thioether (sulfide) groups is 1. The standard InChI is InChI=1S/C17H15FN2O2S/c1-11-8-12(6-7-13(11)18)9-19-16(21)10-23-17-20-14-4-2-3-5-15(14)22-17/h2-8H,9-10H2,1H3,(H,19,21). The summed E-state index contributed by atoms with van der Waals surface area (Å²) < 4.78 is 18.7. The number of fused-ring (bicyclic) bond motifs is 1. The number of halogens is 1. The Kier molecular flexibility index (Phi) is 4.62. The Labute approximate surface area is 137 Å². The van der Waals surface area contributed by atoms with Gasteiger partial charge < -0.3 is 9.73 Å². The average Bonchev–Trinajstić information content (AvgIpc) is 2.97. The quantitative estimate of drug-likeness (QED) is 0.725. The van der Waals surface area contributed by atoms with Crippen LogP contribution in [0.25, 0.3) is 11.1 Å². The number of aryl methyl sites for hydroxylation is 1. The zero-order valence-electron chi connectivity index (χ0n) is 12.5. The third kappa shape index (κ3) is 3.90. The molecule has 3 rings (SSSR count). The lowest BCUT2D eigenvalue weighted by Gasteiger charge is -2.05. The summed E-state index contributed by atoms with van der Waals surface area (Å²) in [5.41, 5.74) is 2.91. The number of nitrogens with zero attached hydrogens (tertiary/aromatic N) is 1. The first-order valence-electron chi connectivity index (χ1n) is 7.12. The second kappa shape index (κ2) is 6.83. The highest BCUT2D eigenvalue weighted by Crippen LogP contribution is 2.22. The Hall–Kier alpha value is -2.34. The van der Waals surface area contributed by atoms with E-state index in [9.17, 15) is 9.18 Å². The van der Waals surface area contributed by atoms with Crippen LogP contribution in [-0.2, 0) is 11.3 Å². The Balaban J connectivity index is 1.52. The number of oxazole rings is 1. The maximum Gasteiger partial charge on any atom is 0.257 e. The number of carbonyl (C=O) groups excluding carboxylic acids is 1. The molecule has 0 aliphatic rings. The van der Waals surface area contributed by atoms with E-state index in [-0.39, 0.29) is 17.5 Å². The molecule has 118 valence electrons. The third-order valence-corrected chi connectivity index (χ3v) is 4.14. The van der Waals surface area contributed by atoms with Gasteiger partial charge in [0.2, 0.25) is 5.91 Å². The van der Waals surface area contributed by atoms with Gasteiger partial charge in [-0.1, -0.05) is 36.0 Å². The minimum absolute atomic E-state index is 0.126. The number of rotatable bonds is 5. The van der Waals surface area contributed by atoms with E-state index in [1.54, 1.807) is 19.1 Å². The fourth-order valence-electron chi connectivity index (χ4n) is 2.11. The first kappa shape index (κ1) is 15.6. The molecule has 0 aliphatic carbocycles. The highest BCUT2D eigenvalue weighted by Gasteiger charge is 2.09. The molecule has 1 aromatic heterocycles. The third-order valence-electron chi connectivity index (χ3n) is 3.31. The van der Waals surface area contributed by atoms with Crippen molar-refractivity contribution in [3.05, 3.63) is 59.4 Å². The van der Waals surface area contributed by atoms with Crippen molar-refractivity contribution in [2.75, 3.05) is 5.75 Å². The molecule has 6 heteroatoms. The average molecular weight is 330 g/mol. The van der Waals surface area contributed by atoms with E-state index in [0.717, 1.165) is 11.1 Å². The van der Waals surface area contributed by atoms with Gasteiger partial charge in [-0.15, -0.1) is 0 Å². The van der Waals surface area contributed by atoms with E-state index in [1.807, 2.05) is 24.3 Å². The van der Waals surface area contributed by atoms with Gasteiger partial charge in [0.15, 0.2) is 5.58 Å². The molecule has 0 saturated carbocycles. The Bertz CT molecular complexity index is 814. The molecule has 1 amide bonds. The maximum absolute atomic E-state index is 13.2. The second-order valence-corrected chi connectivity index (χ2v) is 6.02.